The maximum Gasteiger partial charge on any atom is 0.499 e. The van der Waals surface area contributed by atoms with Crippen LogP contribution in [0.3, 0.4) is 0 Å². The molecule has 0 bridgehead atoms. The predicted molar refractivity (Wildman–Crippen MR) is 108 cm³/mol. The van der Waals surface area contributed by atoms with Gasteiger partial charge in [-0.2, -0.15) is 0 Å². The van der Waals surface area contributed by atoms with Crippen LogP contribution in [0, 0.1) is 0 Å². The first-order valence-corrected chi connectivity index (χ1v) is 9.94. The number of rotatable bonds is 10. The zero-order valence-corrected chi connectivity index (χ0v) is 17.7. The molecular formula is C20H30BClO5. The molecule has 0 N–H and O–H groups in total. The largest absolute Gasteiger partial charge is 0.499 e. The average molecular weight is 397 g/mol. The number of benzene rings is 1. The van der Waals surface area contributed by atoms with Gasteiger partial charge in [0.05, 0.1) is 17.8 Å². The van der Waals surface area contributed by atoms with Crippen LogP contribution in [0.4, 0.5) is 0 Å². The van der Waals surface area contributed by atoms with Crippen molar-refractivity contribution in [3.05, 3.63) is 22.7 Å². The highest BCUT2D eigenvalue weighted by Gasteiger charge is 2.53. The van der Waals surface area contributed by atoms with Gasteiger partial charge in [0, 0.05) is 35.7 Å². The van der Waals surface area contributed by atoms with Crippen molar-refractivity contribution >= 4 is 30.5 Å². The Kier molecular flexibility index (Phi) is 7.75. The maximum atomic E-state index is 11.6. The van der Waals surface area contributed by atoms with Crippen LogP contribution in [-0.2, 0) is 14.0 Å². The lowest BCUT2D eigenvalue weighted by Gasteiger charge is -2.32. The molecule has 27 heavy (non-hydrogen) atoms. The Morgan fingerprint density at radius 3 is 2.30 bits per heavy atom. The third kappa shape index (κ3) is 5.47. The van der Waals surface area contributed by atoms with Crippen LogP contribution < -0.4 is 10.2 Å². The minimum absolute atomic E-state index is 0.412. The smallest absolute Gasteiger partial charge is 0.494 e. The second-order valence-electron chi connectivity index (χ2n) is 7.78. The van der Waals surface area contributed by atoms with Crippen LogP contribution >= 0.6 is 11.6 Å². The minimum atomic E-state index is -0.691. The molecule has 0 spiro atoms. The highest BCUT2D eigenvalue weighted by molar-refractivity contribution is 6.64. The van der Waals surface area contributed by atoms with Crippen molar-refractivity contribution in [1.29, 1.82) is 0 Å². The standard InChI is InChI=1S/C20H30BClO5/c1-6-7-9-24-10-8-11-25-17-13-16(22)12-15(14-23)18(17)21-26-19(2,3)20(4,5)27-21/h12-14H,6-11H2,1-5H3. The van der Waals surface area contributed by atoms with Crippen LogP contribution in [0.2, 0.25) is 5.02 Å². The number of aldehydes is 1. The SMILES string of the molecule is CCCCOCCCOc1cc(Cl)cc(C=O)c1B1OC(C)(C)C(C)(C)O1. The molecule has 1 aliphatic heterocycles. The van der Waals surface area contributed by atoms with E-state index >= 15 is 0 Å². The van der Waals surface area contributed by atoms with E-state index in [4.69, 9.17) is 30.4 Å². The molecule has 0 radical (unpaired) electrons. The van der Waals surface area contributed by atoms with Gasteiger partial charge in [0.15, 0.2) is 0 Å². The van der Waals surface area contributed by atoms with Gasteiger partial charge in [-0.3, -0.25) is 4.79 Å². The topological polar surface area (TPSA) is 54.0 Å². The molecule has 7 heteroatoms. The number of hydrogen-bond acceptors (Lipinski definition) is 5. The average Bonchev–Trinajstić information content (AvgIpc) is 2.80. The maximum absolute atomic E-state index is 11.6. The summed E-state index contributed by atoms with van der Waals surface area (Å²) in [5.74, 6) is 0.511. The fraction of sp³-hybridized carbons (Fsp3) is 0.650. The molecule has 150 valence electrons. The quantitative estimate of drug-likeness (QED) is 0.339. The van der Waals surface area contributed by atoms with Crippen LogP contribution in [0.1, 0.15) is 64.2 Å². The Labute approximate surface area is 167 Å². The number of unbranched alkanes of at least 4 members (excludes halogenated alkanes) is 1. The van der Waals surface area contributed by atoms with E-state index in [-0.39, 0.29) is 0 Å². The number of carbonyl (C=O) groups excluding carboxylic acids is 1. The van der Waals surface area contributed by atoms with Crippen molar-refractivity contribution in [3.63, 3.8) is 0 Å². The molecule has 0 atom stereocenters. The Bertz CT molecular complexity index is 632. The van der Waals surface area contributed by atoms with E-state index in [0.29, 0.717) is 35.0 Å². The molecule has 1 aromatic rings. The first-order chi connectivity index (χ1) is 12.7. The summed E-state index contributed by atoms with van der Waals surface area (Å²) in [6, 6.07) is 3.31. The van der Waals surface area contributed by atoms with E-state index in [1.807, 2.05) is 27.7 Å². The predicted octanol–water partition coefficient (Wildman–Crippen LogP) is 4.04. The van der Waals surface area contributed by atoms with Crippen molar-refractivity contribution in [1.82, 2.24) is 0 Å². The second kappa shape index (κ2) is 9.42. The molecule has 0 amide bonds. The number of halogens is 1. The fourth-order valence-corrected chi connectivity index (χ4v) is 2.95. The first-order valence-electron chi connectivity index (χ1n) is 9.56. The van der Waals surface area contributed by atoms with Gasteiger partial charge in [0.25, 0.3) is 0 Å². The van der Waals surface area contributed by atoms with Gasteiger partial charge in [-0.1, -0.05) is 24.9 Å². The van der Waals surface area contributed by atoms with Crippen molar-refractivity contribution in [3.8, 4) is 5.75 Å². The lowest BCUT2D eigenvalue weighted by atomic mass is 9.75. The minimum Gasteiger partial charge on any atom is -0.494 e. The molecule has 1 fully saturated rings. The summed E-state index contributed by atoms with van der Waals surface area (Å²) in [5, 5.41) is 0.437. The molecule has 0 aliphatic carbocycles. The lowest BCUT2D eigenvalue weighted by molar-refractivity contribution is 0.00578. The van der Waals surface area contributed by atoms with Gasteiger partial charge in [0.1, 0.15) is 12.0 Å². The van der Waals surface area contributed by atoms with Gasteiger partial charge in [0.2, 0.25) is 0 Å². The van der Waals surface area contributed by atoms with E-state index in [1.165, 1.54) is 0 Å². The van der Waals surface area contributed by atoms with E-state index in [2.05, 4.69) is 6.92 Å². The van der Waals surface area contributed by atoms with Crippen molar-refractivity contribution in [2.75, 3.05) is 19.8 Å². The number of carbonyl (C=O) groups is 1. The van der Waals surface area contributed by atoms with E-state index in [9.17, 15) is 4.79 Å². The molecule has 0 aromatic heterocycles. The zero-order chi connectivity index (χ0) is 20.1. The molecule has 1 saturated heterocycles. The molecule has 2 rings (SSSR count). The summed E-state index contributed by atoms with van der Waals surface area (Å²) < 4.78 is 23.7. The van der Waals surface area contributed by atoms with Gasteiger partial charge < -0.3 is 18.8 Å². The van der Waals surface area contributed by atoms with E-state index in [1.54, 1.807) is 12.1 Å². The Morgan fingerprint density at radius 2 is 1.70 bits per heavy atom. The summed E-state index contributed by atoms with van der Waals surface area (Å²) >= 11 is 6.17. The molecule has 0 saturated carbocycles. The Hall–Kier alpha value is -1.08. The summed E-state index contributed by atoms with van der Waals surface area (Å²) in [6.07, 6.45) is 3.68. The number of ether oxygens (including phenoxy) is 2. The van der Waals surface area contributed by atoms with Crippen molar-refractivity contribution in [2.45, 2.75) is 65.1 Å². The van der Waals surface area contributed by atoms with Gasteiger partial charge >= 0.3 is 7.12 Å². The zero-order valence-electron chi connectivity index (χ0n) is 17.0. The Morgan fingerprint density at radius 1 is 1.07 bits per heavy atom. The molecule has 1 heterocycles. The normalized spacial score (nSPS) is 17.9. The first kappa shape index (κ1) is 22.2. The van der Waals surface area contributed by atoms with Crippen molar-refractivity contribution in [2.24, 2.45) is 0 Å². The Balaban J connectivity index is 2.13. The molecule has 5 nitrogen and oxygen atoms in total. The van der Waals surface area contributed by atoms with Crippen LogP contribution in [0.25, 0.3) is 0 Å². The summed E-state index contributed by atoms with van der Waals surface area (Å²) in [7, 11) is -0.691. The van der Waals surface area contributed by atoms with Gasteiger partial charge in [-0.05, 0) is 46.2 Å². The second-order valence-corrected chi connectivity index (χ2v) is 8.22. The van der Waals surface area contributed by atoms with Crippen LogP contribution in [-0.4, -0.2) is 44.4 Å². The van der Waals surface area contributed by atoms with E-state index < -0.39 is 18.3 Å². The molecule has 1 aromatic carbocycles. The summed E-state index contributed by atoms with van der Waals surface area (Å²) in [4.78, 5) is 11.6. The van der Waals surface area contributed by atoms with Crippen LogP contribution in [0.15, 0.2) is 12.1 Å². The fourth-order valence-electron chi connectivity index (χ4n) is 2.73. The molecule has 0 unspecified atom stereocenters. The monoisotopic (exact) mass is 396 g/mol. The number of hydrogen-bond donors (Lipinski definition) is 0. The third-order valence-electron chi connectivity index (χ3n) is 5.09. The highest BCUT2D eigenvalue weighted by Crippen LogP contribution is 2.37. The van der Waals surface area contributed by atoms with Gasteiger partial charge in [-0.25, -0.2) is 0 Å². The highest BCUT2D eigenvalue weighted by atomic mass is 35.5. The van der Waals surface area contributed by atoms with Crippen LogP contribution in [0.5, 0.6) is 5.75 Å². The molecule has 1 aliphatic rings. The summed E-state index contributed by atoms with van der Waals surface area (Å²) in [5.41, 5.74) is -0.0286. The summed E-state index contributed by atoms with van der Waals surface area (Å²) in [6.45, 7) is 11.9. The van der Waals surface area contributed by atoms with E-state index in [0.717, 1.165) is 32.2 Å². The van der Waals surface area contributed by atoms with Crippen molar-refractivity contribution < 1.29 is 23.6 Å². The van der Waals surface area contributed by atoms with Gasteiger partial charge in [-0.15, -0.1) is 0 Å². The third-order valence-corrected chi connectivity index (χ3v) is 5.31. The lowest BCUT2D eigenvalue weighted by Crippen LogP contribution is -2.41. The molecular weight excluding hydrogens is 366 g/mol.